The Hall–Kier alpha value is -3.18. The Balaban J connectivity index is 1.71. The van der Waals surface area contributed by atoms with Crippen LogP contribution in [0.15, 0.2) is 66.7 Å². The van der Waals surface area contributed by atoms with Crippen molar-refractivity contribution in [2.24, 2.45) is 0 Å². The minimum absolute atomic E-state index is 0.283. The molecule has 3 rings (SSSR count). The summed E-state index contributed by atoms with van der Waals surface area (Å²) >= 11 is 6.10. The lowest BCUT2D eigenvalue weighted by atomic mass is 10.1. The zero-order chi connectivity index (χ0) is 19.9. The summed E-state index contributed by atoms with van der Waals surface area (Å²) in [6, 6.07) is 19.9. The summed E-state index contributed by atoms with van der Waals surface area (Å²) in [5, 5.41) is 3.22. The summed E-state index contributed by atoms with van der Waals surface area (Å²) in [4.78, 5) is 12.6. The van der Waals surface area contributed by atoms with Crippen LogP contribution in [-0.2, 0) is 6.61 Å². The Bertz CT molecular complexity index is 960. The first kappa shape index (κ1) is 19.6. The number of carbonyl (C=O) groups excluding carboxylic acids is 1. The van der Waals surface area contributed by atoms with Crippen LogP contribution in [0.4, 0.5) is 5.69 Å². The number of nitrogens with one attached hydrogen (secondary N) is 1. The van der Waals surface area contributed by atoms with E-state index < -0.39 is 0 Å². The quantitative estimate of drug-likeness (QED) is 0.596. The van der Waals surface area contributed by atoms with Crippen LogP contribution >= 0.6 is 11.6 Å². The summed E-state index contributed by atoms with van der Waals surface area (Å²) in [6.45, 7) is 0.410. The maximum Gasteiger partial charge on any atom is 0.255 e. The zero-order valence-electron chi connectivity index (χ0n) is 15.6. The predicted molar refractivity (Wildman–Crippen MR) is 110 cm³/mol. The van der Waals surface area contributed by atoms with Crippen LogP contribution in [0.3, 0.4) is 0 Å². The van der Waals surface area contributed by atoms with E-state index >= 15 is 0 Å². The van der Waals surface area contributed by atoms with E-state index in [1.165, 1.54) is 14.2 Å². The van der Waals surface area contributed by atoms with Crippen molar-refractivity contribution in [3.63, 3.8) is 0 Å². The second kappa shape index (κ2) is 9.15. The molecule has 3 aromatic rings. The Morgan fingerprint density at radius 3 is 2.29 bits per heavy atom. The molecule has 144 valence electrons. The van der Waals surface area contributed by atoms with Gasteiger partial charge in [0.05, 0.1) is 19.2 Å². The predicted octanol–water partition coefficient (Wildman–Crippen LogP) is 5.19. The van der Waals surface area contributed by atoms with Crippen molar-refractivity contribution in [2.45, 2.75) is 6.61 Å². The molecule has 0 radical (unpaired) electrons. The molecule has 0 spiro atoms. The largest absolute Gasteiger partial charge is 0.495 e. The SMILES string of the molecule is COc1ccc(NC(=O)c2ccc(OCc3ccccc3)c(OC)c2)cc1Cl. The van der Waals surface area contributed by atoms with Gasteiger partial charge in [0.1, 0.15) is 12.4 Å². The van der Waals surface area contributed by atoms with Gasteiger partial charge in [0.15, 0.2) is 11.5 Å². The third kappa shape index (κ3) is 4.75. The van der Waals surface area contributed by atoms with Gasteiger partial charge < -0.3 is 19.5 Å². The molecule has 0 heterocycles. The standard InChI is InChI=1S/C22H20ClNO4/c1-26-19-11-9-17(13-18(19)23)24-22(25)16-8-10-20(21(12-16)27-2)28-14-15-6-4-3-5-7-15/h3-13H,14H2,1-2H3,(H,24,25). The van der Waals surface area contributed by atoms with Gasteiger partial charge in [-0.3, -0.25) is 4.79 Å². The number of amides is 1. The monoisotopic (exact) mass is 397 g/mol. The molecule has 5 nitrogen and oxygen atoms in total. The van der Waals surface area contributed by atoms with Gasteiger partial charge in [-0.05, 0) is 42.0 Å². The average Bonchev–Trinajstić information content (AvgIpc) is 2.73. The average molecular weight is 398 g/mol. The normalized spacial score (nSPS) is 10.2. The molecular weight excluding hydrogens is 378 g/mol. The number of anilines is 1. The molecule has 0 fully saturated rings. The van der Waals surface area contributed by atoms with Crippen LogP contribution in [0.1, 0.15) is 15.9 Å². The van der Waals surface area contributed by atoms with Crippen LogP contribution < -0.4 is 19.5 Å². The van der Waals surface area contributed by atoms with Crippen molar-refractivity contribution in [2.75, 3.05) is 19.5 Å². The van der Waals surface area contributed by atoms with E-state index in [9.17, 15) is 4.79 Å². The van der Waals surface area contributed by atoms with E-state index in [1.54, 1.807) is 36.4 Å². The van der Waals surface area contributed by atoms with Gasteiger partial charge in [-0.1, -0.05) is 41.9 Å². The fourth-order valence-corrected chi connectivity index (χ4v) is 2.87. The molecule has 0 saturated heterocycles. The van der Waals surface area contributed by atoms with Gasteiger partial charge in [-0.2, -0.15) is 0 Å². The maximum absolute atomic E-state index is 12.6. The van der Waals surface area contributed by atoms with Gasteiger partial charge in [0.2, 0.25) is 0 Å². The smallest absolute Gasteiger partial charge is 0.255 e. The lowest BCUT2D eigenvalue weighted by Crippen LogP contribution is -2.12. The maximum atomic E-state index is 12.6. The number of methoxy groups -OCH3 is 2. The fourth-order valence-electron chi connectivity index (χ4n) is 2.61. The first-order valence-electron chi connectivity index (χ1n) is 8.60. The minimum Gasteiger partial charge on any atom is -0.495 e. The van der Waals surface area contributed by atoms with E-state index in [-0.39, 0.29) is 5.91 Å². The molecule has 0 aliphatic rings. The third-order valence-corrected chi connectivity index (χ3v) is 4.37. The Kier molecular flexibility index (Phi) is 6.40. The molecule has 0 bridgehead atoms. The highest BCUT2D eigenvalue weighted by molar-refractivity contribution is 6.32. The number of rotatable bonds is 7. The summed E-state index contributed by atoms with van der Waals surface area (Å²) in [5.74, 6) is 1.31. The van der Waals surface area contributed by atoms with Crippen molar-refractivity contribution < 1.29 is 19.0 Å². The Morgan fingerprint density at radius 1 is 0.893 bits per heavy atom. The van der Waals surface area contributed by atoms with Crippen LogP contribution in [0.5, 0.6) is 17.2 Å². The third-order valence-electron chi connectivity index (χ3n) is 4.07. The number of carbonyl (C=O) groups is 1. The highest BCUT2D eigenvalue weighted by atomic mass is 35.5. The molecule has 0 unspecified atom stereocenters. The highest BCUT2D eigenvalue weighted by Gasteiger charge is 2.12. The van der Waals surface area contributed by atoms with Crippen molar-refractivity contribution in [3.05, 3.63) is 82.9 Å². The molecule has 3 aromatic carbocycles. The summed E-state index contributed by atoms with van der Waals surface area (Å²) in [6.07, 6.45) is 0. The van der Waals surface area contributed by atoms with Crippen molar-refractivity contribution in [1.82, 2.24) is 0 Å². The van der Waals surface area contributed by atoms with E-state index in [4.69, 9.17) is 25.8 Å². The number of hydrogen-bond donors (Lipinski definition) is 1. The van der Waals surface area contributed by atoms with Crippen LogP contribution in [-0.4, -0.2) is 20.1 Å². The molecule has 0 aromatic heterocycles. The Morgan fingerprint density at radius 2 is 1.61 bits per heavy atom. The van der Waals surface area contributed by atoms with Crippen LogP contribution in [0.2, 0.25) is 5.02 Å². The molecule has 0 saturated carbocycles. The molecule has 0 aliphatic heterocycles. The molecule has 1 amide bonds. The lowest BCUT2D eigenvalue weighted by molar-refractivity contribution is 0.102. The Labute approximate surface area is 168 Å². The number of benzene rings is 3. The number of halogens is 1. The molecule has 0 atom stereocenters. The van der Waals surface area contributed by atoms with Gasteiger partial charge in [-0.15, -0.1) is 0 Å². The molecule has 0 aliphatic carbocycles. The van der Waals surface area contributed by atoms with Gasteiger partial charge in [0.25, 0.3) is 5.91 Å². The van der Waals surface area contributed by atoms with Gasteiger partial charge in [-0.25, -0.2) is 0 Å². The number of hydrogen-bond acceptors (Lipinski definition) is 4. The van der Waals surface area contributed by atoms with Gasteiger partial charge in [0, 0.05) is 11.3 Å². The molecule has 28 heavy (non-hydrogen) atoms. The van der Waals surface area contributed by atoms with Crippen molar-refractivity contribution in [1.29, 1.82) is 0 Å². The second-order valence-corrected chi connectivity index (χ2v) is 6.35. The second-order valence-electron chi connectivity index (χ2n) is 5.94. The van der Waals surface area contributed by atoms with Gasteiger partial charge >= 0.3 is 0 Å². The van der Waals surface area contributed by atoms with E-state index in [1.807, 2.05) is 30.3 Å². The van der Waals surface area contributed by atoms with Crippen LogP contribution in [0.25, 0.3) is 0 Å². The molecule has 1 N–H and O–H groups in total. The van der Waals surface area contributed by atoms with Crippen molar-refractivity contribution >= 4 is 23.2 Å². The summed E-state index contributed by atoms with van der Waals surface area (Å²) in [7, 11) is 3.07. The van der Waals surface area contributed by atoms with E-state index in [2.05, 4.69) is 5.32 Å². The first-order chi connectivity index (χ1) is 13.6. The zero-order valence-corrected chi connectivity index (χ0v) is 16.3. The number of ether oxygens (including phenoxy) is 3. The summed E-state index contributed by atoms with van der Waals surface area (Å²) in [5.41, 5.74) is 2.05. The van der Waals surface area contributed by atoms with E-state index in [0.717, 1.165) is 5.56 Å². The van der Waals surface area contributed by atoms with E-state index in [0.29, 0.717) is 40.1 Å². The molecular formula is C22H20ClNO4. The highest BCUT2D eigenvalue weighted by Crippen LogP contribution is 2.30. The minimum atomic E-state index is -0.283. The summed E-state index contributed by atoms with van der Waals surface area (Å²) < 4.78 is 16.3. The van der Waals surface area contributed by atoms with Crippen LogP contribution in [0, 0.1) is 0 Å². The lowest BCUT2D eigenvalue weighted by Gasteiger charge is -2.13. The topological polar surface area (TPSA) is 56.8 Å². The fraction of sp³-hybridized carbons (Fsp3) is 0.136. The molecule has 6 heteroatoms. The van der Waals surface area contributed by atoms with Crippen molar-refractivity contribution in [3.8, 4) is 17.2 Å². The first-order valence-corrected chi connectivity index (χ1v) is 8.98.